The fourth-order valence-electron chi connectivity index (χ4n) is 2.98. The Morgan fingerprint density at radius 3 is 2.48 bits per heavy atom. The van der Waals surface area contributed by atoms with E-state index in [-0.39, 0.29) is 5.91 Å². The van der Waals surface area contributed by atoms with Crippen LogP contribution in [-0.2, 0) is 6.54 Å². The van der Waals surface area contributed by atoms with E-state index in [0.29, 0.717) is 11.4 Å². The number of hydrogen-bond donors (Lipinski definition) is 1. The van der Waals surface area contributed by atoms with Crippen LogP contribution in [0, 0.1) is 6.92 Å². The van der Waals surface area contributed by atoms with Crippen molar-refractivity contribution in [3.63, 3.8) is 0 Å². The summed E-state index contributed by atoms with van der Waals surface area (Å²) >= 11 is 1.45. The van der Waals surface area contributed by atoms with Crippen LogP contribution >= 0.6 is 11.3 Å². The van der Waals surface area contributed by atoms with Gasteiger partial charge in [0.25, 0.3) is 5.91 Å². The van der Waals surface area contributed by atoms with E-state index < -0.39 is 0 Å². The summed E-state index contributed by atoms with van der Waals surface area (Å²) in [4.78, 5) is 13.9. The van der Waals surface area contributed by atoms with Crippen LogP contribution in [0.3, 0.4) is 0 Å². The Hall–Kier alpha value is -3.51. The number of benzene rings is 2. The first-order chi connectivity index (χ1) is 14.2. The fraction of sp³-hybridized carbons (Fsp3) is 0.0870. The number of hydrogen-bond acceptors (Lipinski definition) is 4. The Kier molecular flexibility index (Phi) is 5.63. The zero-order valence-electron chi connectivity index (χ0n) is 15.9. The molecule has 0 radical (unpaired) electrons. The van der Waals surface area contributed by atoms with Gasteiger partial charge in [-0.2, -0.15) is 10.2 Å². The molecule has 29 heavy (non-hydrogen) atoms. The molecular weight excluding hydrogens is 380 g/mol. The summed E-state index contributed by atoms with van der Waals surface area (Å²) in [5, 5.41) is 8.91. The first kappa shape index (κ1) is 18.8. The molecule has 1 N–H and O–H groups in total. The molecule has 0 unspecified atom stereocenters. The quantitative estimate of drug-likeness (QED) is 0.376. The van der Waals surface area contributed by atoms with Crippen molar-refractivity contribution in [1.82, 2.24) is 15.2 Å². The van der Waals surface area contributed by atoms with Gasteiger partial charge >= 0.3 is 0 Å². The molecule has 4 rings (SSSR count). The lowest BCUT2D eigenvalue weighted by Crippen LogP contribution is -2.16. The molecule has 0 fully saturated rings. The van der Waals surface area contributed by atoms with Gasteiger partial charge < -0.3 is 0 Å². The molecule has 2 heterocycles. The van der Waals surface area contributed by atoms with Crippen LogP contribution in [0.2, 0.25) is 0 Å². The Bertz CT molecular complexity index is 1130. The standard InChI is InChI=1S/C23H20N4OS/c1-17-12-13-21(29-17)23(28)25-24-14-20-16-27(15-18-8-4-2-5-9-18)26-22(20)19-10-6-3-7-11-19/h2-14,16H,15H2,1H3,(H,25,28)/b24-14+. The number of thiophene rings is 1. The second kappa shape index (κ2) is 8.67. The monoisotopic (exact) mass is 400 g/mol. The average molecular weight is 401 g/mol. The van der Waals surface area contributed by atoms with Crippen LogP contribution in [0.1, 0.15) is 25.7 Å². The summed E-state index contributed by atoms with van der Waals surface area (Å²) in [5.74, 6) is -0.211. The Balaban J connectivity index is 1.57. The number of carbonyl (C=O) groups is 1. The molecule has 0 spiro atoms. The molecule has 0 aliphatic heterocycles. The predicted octanol–water partition coefficient (Wildman–Crippen LogP) is 4.73. The summed E-state index contributed by atoms with van der Waals surface area (Å²) in [7, 11) is 0. The zero-order chi connectivity index (χ0) is 20.1. The van der Waals surface area contributed by atoms with Crippen LogP contribution in [0.5, 0.6) is 0 Å². The third kappa shape index (κ3) is 4.67. The van der Waals surface area contributed by atoms with Gasteiger partial charge in [0.1, 0.15) is 5.69 Å². The third-order valence-corrected chi connectivity index (χ3v) is 5.36. The van der Waals surface area contributed by atoms with E-state index in [0.717, 1.165) is 21.7 Å². The molecule has 144 valence electrons. The molecule has 0 aliphatic rings. The van der Waals surface area contributed by atoms with Crippen molar-refractivity contribution in [1.29, 1.82) is 0 Å². The van der Waals surface area contributed by atoms with Gasteiger partial charge in [-0.05, 0) is 24.6 Å². The Labute approximate surface area is 173 Å². The molecule has 0 saturated carbocycles. The van der Waals surface area contributed by atoms with Crippen molar-refractivity contribution in [2.75, 3.05) is 0 Å². The van der Waals surface area contributed by atoms with E-state index in [1.54, 1.807) is 12.3 Å². The highest BCUT2D eigenvalue weighted by atomic mass is 32.1. The molecule has 4 aromatic rings. The second-order valence-corrected chi connectivity index (χ2v) is 7.88. The topological polar surface area (TPSA) is 59.3 Å². The minimum atomic E-state index is -0.211. The molecule has 0 aliphatic carbocycles. The molecule has 0 saturated heterocycles. The minimum absolute atomic E-state index is 0.211. The van der Waals surface area contributed by atoms with Crippen LogP contribution in [0.4, 0.5) is 0 Å². The van der Waals surface area contributed by atoms with Crippen molar-refractivity contribution in [3.8, 4) is 11.3 Å². The minimum Gasteiger partial charge on any atom is -0.267 e. The van der Waals surface area contributed by atoms with Crippen molar-refractivity contribution in [3.05, 3.63) is 99.9 Å². The zero-order valence-corrected chi connectivity index (χ0v) is 16.8. The van der Waals surface area contributed by atoms with Gasteiger partial charge in [-0.3, -0.25) is 9.48 Å². The number of nitrogens with zero attached hydrogens (tertiary/aromatic N) is 3. The summed E-state index contributed by atoms with van der Waals surface area (Å²) in [6.07, 6.45) is 3.59. The van der Waals surface area contributed by atoms with E-state index in [2.05, 4.69) is 22.7 Å². The number of rotatable bonds is 6. The average Bonchev–Trinajstić information content (AvgIpc) is 3.36. The largest absolute Gasteiger partial charge is 0.281 e. The van der Waals surface area contributed by atoms with Crippen molar-refractivity contribution >= 4 is 23.5 Å². The summed E-state index contributed by atoms with van der Waals surface area (Å²) in [6.45, 7) is 2.63. The van der Waals surface area contributed by atoms with Gasteiger partial charge in [0, 0.05) is 22.2 Å². The first-order valence-electron chi connectivity index (χ1n) is 9.26. The number of aryl methyl sites for hydroxylation is 1. The Morgan fingerprint density at radius 1 is 1.07 bits per heavy atom. The Morgan fingerprint density at radius 2 is 1.79 bits per heavy atom. The van der Waals surface area contributed by atoms with E-state index >= 15 is 0 Å². The van der Waals surface area contributed by atoms with E-state index in [1.165, 1.54) is 16.9 Å². The highest BCUT2D eigenvalue weighted by Crippen LogP contribution is 2.21. The van der Waals surface area contributed by atoms with Gasteiger partial charge in [-0.25, -0.2) is 5.43 Å². The molecule has 0 bridgehead atoms. The smallest absolute Gasteiger partial charge is 0.267 e. The molecule has 2 aromatic carbocycles. The van der Waals surface area contributed by atoms with E-state index in [9.17, 15) is 4.79 Å². The number of carbonyl (C=O) groups excluding carboxylic acids is 1. The maximum absolute atomic E-state index is 12.2. The van der Waals surface area contributed by atoms with Gasteiger partial charge in [0.05, 0.1) is 17.6 Å². The lowest BCUT2D eigenvalue weighted by Gasteiger charge is -2.01. The lowest BCUT2D eigenvalue weighted by atomic mass is 10.1. The second-order valence-electron chi connectivity index (χ2n) is 6.59. The molecule has 2 aromatic heterocycles. The predicted molar refractivity (Wildman–Crippen MR) is 117 cm³/mol. The first-order valence-corrected chi connectivity index (χ1v) is 10.1. The van der Waals surface area contributed by atoms with Crippen molar-refractivity contribution in [2.45, 2.75) is 13.5 Å². The number of nitrogens with one attached hydrogen (secondary N) is 1. The molecule has 0 atom stereocenters. The summed E-state index contributed by atoms with van der Waals surface area (Å²) < 4.78 is 1.89. The number of aromatic nitrogens is 2. The normalized spacial score (nSPS) is 11.1. The van der Waals surface area contributed by atoms with Crippen LogP contribution in [0.25, 0.3) is 11.3 Å². The van der Waals surface area contributed by atoms with Gasteiger partial charge in [0.15, 0.2) is 0 Å². The molecule has 5 nitrogen and oxygen atoms in total. The molecular formula is C23H20N4OS. The number of hydrazone groups is 1. The van der Waals surface area contributed by atoms with Crippen molar-refractivity contribution in [2.24, 2.45) is 5.10 Å². The maximum Gasteiger partial charge on any atom is 0.281 e. The molecule has 6 heteroatoms. The van der Waals surface area contributed by atoms with E-state index in [4.69, 9.17) is 5.10 Å². The summed E-state index contributed by atoms with van der Waals surface area (Å²) in [5.41, 5.74) is 6.44. The van der Waals surface area contributed by atoms with Crippen LogP contribution < -0.4 is 5.43 Å². The van der Waals surface area contributed by atoms with Gasteiger partial charge in [0.2, 0.25) is 0 Å². The van der Waals surface area contributed by atoms with Gasteiger partial charge in [-0.1, -0.05) is 60.7 Å². The highest BCUT2D eigenvalue weighted by molar-refractivity contribution is 7.13. The fourth-order valence-corrected chi connectivity index (χ4v) is 3.73. The third-order valence-electron chi connectivity index (χ3n) is 4.36. The van der Waals surface area contributed by atoms with Crippen LogP contribution in [-0.4, -0.2) is 21.9 Å². The molecule has 1 amide bonds. The summed E-state index contributed by atoms with van der Waals surface area (Å²) in [6, 6.07) is 23.9. The SMILES string of the molecule is Cc1ccc(C(=O)N/N=C/c2cn(Cc3ccccc3)nc2-c2ccccc2)s1. The van der Waals surface area contributed by atoms with Crippen molar-refractivity contribution < 1.29 is 4.79 Å². The highest BCUT2D eigenvalue weighted by Gasteiger charge is 2.11. The number of amides is 1. The lowest BCUT2D eigenvalue weighted by molar-refractivity contribution is 0.0959. The van der Waals surface area contributed by atoms with Crippen LogP contribution in [0.15, 0.2) is 84.1 Å². The van der Waals surface area contributed by atoms with E-state index in [1.807, 2.05) is 72.4 Å². The maximum atomic E-state index is 12.2. The van der Waals surface area contributed by atoms with Gasteiger partial charge in [-0.15, -0.1) is 11.3 Å².